The molecule has 0 aliphatic rings. The Labute approximate surface area is 168 Å². The molecule has 0 amide bonds. The van der Waals surface area contributed by atoms with Gasteiger partial charge in [-0.2, -0.15) is 0 Å². The average Bonchev–Trinajstić information content (AvgIpc) is 2.71. The van der Waals surface area contributed by atoms with Crippen LogP contribution in [-0.2, 0) is 6.61 Å². The number of methoxy groups -OCH3 is 1. The van der Waals surface area contributed by atoms with Crippen LogP contribution >= 0.6 is 11.6 Å². The number of hydrogen-bond donors (Lipinski definition) is 1. The number of halogens is 1. The van der Waals surface area contributed by atoms with E-state index in [1.807, 2.05) is 30.3 Å². The molecule has 0 aliphatic carbocycles. The van der Waals surface area contributed by atoms with E-state index in [0.29, 0.717) is 28.7 Å². The summed E-state index contributed by atoms with van der Waals surface area (Å²) in [7, 11) is 1.56. The van der Waals surface area contributed by atoms with Crippen LogP contribution < -0.4 is 9.47 Å². The molecular weight excluding hydrogens is 376 g/mol. The molecule has 0 fully saturated rings. The highest BCUT2D eigenvalue weighted by atomic mass is 35.5. The number of benzene rings is 3. The zero-order chi connectivity index (χ0) is 19.9. The molecule has 3 aromatic rings. The zero-order valence-corrected chi connectivity index (χ0v) is 16.0. The van der Waals surface area contributed by atoms with Crippen LogP contribution in [0.2, 0.25) is 5.02 Å². The lowest BCUT2D eigenvalue weighted by molar-refractivity contribution is 0.104. The largest absolute Gasteiger partial charge is 0.508 e. The Bertz CT molecular complexity index is 1010. The van der Waals surface area contributed by atoms with E-state index >= 15 is 0 Å². The number of aromatic hydroxyl groups is 1. The number of ether oxygens (including phenoxy) is 2. The van der Waals surface area contributed by atoms with E-state index in [2.05, 4.69) is 0 Å². The first-order valence-corrected chi connectivity index (χ1v) is 9.00. The van der Waals surface area contributed by atoms with E-state index in [1.54, 1.807) is 37.5 Å². The molecule has 3 rings (SSSR count). The summed E-state index contributed by atoms with van der Waals surface area (Å²) < 4.78 is 11.2. The van der Waals surface area contributed by atoms with Crippen molar-refractivity contribution in [2.45, 2.75) is 6.61 Å². The Morgan fingerprint density at radius 1 is 1.04 bits per heavy atom. The summed E-state index contributed by atoms with van der Waals surface area (Å²) >= 11 is 6.15. The van der Waals surface area contributed by atoms with Gasteiger partial charge in [-0.15, -0.1) is 0 Å². The van der Waals surface area contributed by atoms with Crippen molar-refractivity contribution in [1.82, 2.24) is 0 Å². The highest BCUT2D eigenvalue weighted by molar-refractivity contribution is 6.31. The first-order valence-electron chi connectivity index (χ1n) is 8.62. The maximum Gasteiger partial charge on any atom is 0.185 e. The molecule has 1 N–H and O–H groups in total. The van der Waals surface area contributed by atoms with E-state index < -0.39 is 0 Å². The van der Waals surface area contributed by atoms with Gasteiger partial charge in [0, 0.05) is 16.1 Å². The van der Waals surface area contributed by atoms with E-state index in [-0.39, 0.29) is 11.5 Å². The Hall–Kier alpha value is -3.24. The lowest BCUT2D eigenvalue weighted by Gasteiger charge is -2.12. The second-order valence-electron chi connectivity index (χ2n) is 6.04. The van der Waals surface area contributed by atoms with Gasteiger partial charge in [-0.05, 0) is 42.0 Å². The molecule has 0 aliphatic heterocycles. The van der Waals surface area contributed by atoms with Gasteiger partial charge in [0.2, 0.25) is 0 Å². The fraction of sp³-hybridized carbons (Fsp3) is 0.0870. The van der Waals surface area contributed by atoms with Gasteiger partial charge in [0.15, 0.2) is 17.3 Å². The predicted octanol–water partition coefficient (Wildman–Crippen LogP) is 5.53. The first-order chi connectivity index (χ1) is 13.6. The lowest BCUT2D eigenvalue weighted by atomic mass is 10.1. The summed E-state index contributed by atoms with van der Waals surface area (Å²) in [6.45, 7) is 0.321. The normalized spacial score (nSPS) is 10.8. The topological polar surface area (TPSA) is 55.8 Å². The van der Waals surface area contributed by atoms with Crippen molar-refractivity contribution >= 4 is 23.5 Å². The highest BCUT2D eigenvalue weighted by Crippen LogP contribution is 2.30. The number of carbonyl (C=O) groups is 1. The van der Waals surface area contributed by atoms with Crippen LogP contribution in [0.15, 0.2) is 72.8 Å². The number of phenols is 1. The number of hydrogen-bond acceptors (Lipinski definition) is 4. The van der Waals surface area contributed by atoms with Gasteiger partial charge in [0.05, 0.1) is 7.11 Å². The fourth-order valence-electron chi connectivity index (χ4n) is 2.61. The zero-order valence-electron chi connectivity index (χ0n) is 15.3. The highest BCUT2D eigenvalue weighted by Gasteiger charge is 2.08. The minimum atomic E-state index is -0.200. The first kappa shape index (κ1) is 19.5. The second kappa shape index (κ2) is 9.11. The van der Waals surface area contributed by atoms with Crippen LogP contribution in [0, 0.1) is 0 Å². The number of phenolic OH excluding ortho intramolecular Hbond substituents is 1. The minimum Gasteiger partial charge on any atom is -0.508 e. The molecule has 0 unspecified atom stereocenters. The van der Waals surface area contributed by atoms with Crippen LogP contribution in [0.4, 0.5) is 0 Å². The second-order valence-corrected chi connectivity index (χ2v) is 6.45. The number of ketones is 1. The quantitative estimate of drug-likeness (QED) is 0.423. The third-order valence-electron chi connectivity index (χ3n) is 4.09. The van der Waals surface area contributed by atoms with Gasteiger partial charge in [0.25, 0.3) is 0 Å². The molecule has 0 heterocycles. The van der Waals surface area contributed by atoms with Crippen molar-refractivity contribution in [3.63, 3.8) is 0 Å². The molecule has 0 aromatic heterocycles. The Kier molecular flexibility index (Phi) is 6.35. The summed E-state index contributed by atoms with van der Waals surface area (Å²) in [5, 5.41) is 10.1. The Balaban J connectivity index is 1.72. The maximum absolute atomic E-state index is 12.2. The Morgan fingerprint density at radius 3 is 2.61 bits per heavy atom. The molecule has 0 saturated carbocycles. The van der Waals surface area contributed by atoms with Crippen molar-refractivity contribution in [1.29, 1.82) is 0 Å². The van der Waals surface area contributed by atoms with Crippen molar-refractivity contribution in [2.75, 3.05) is 7.11 Å². The monoisotopic (exact) mass is 394 g/mol. The van der Waals surface area contributed by atoms with Crippen LogP contribution in [0.1, 0.15) is 21.5 Å². The third kappa shape index (κ3) is 4.93. The number of rotatable bonds is 7. The molecular formula is C23H19ClO4. The van der Waals surface area contributed by atoms with Gasteiger partial charge in [-0.25, -0.2) is 0 Å². The van der Waals surface area contributed by atoms with Gasteiger partial charge >= 0.3 is 0 Å². The van der Waals surface area contributed by atoms with E-state index in [4.69, 9.17) is 21.1 Å². The molecule has 0 atom stereocenters. The maximum atomic E-state index is 12.2. The number of allylic oxidation sites excluding steroid dienone is 1. The van der Waals surface area contributed by atoms with Crippen LogP contribution in [0.25, 0.3) is 6.08 Å². The van der Waals surface area contributed by atoms with Gasteiger partial charge < -0.3 is 14.6 Å². The standard InChI is InChI=1S/C23H19ClO4/c1-27-23-13-16(9-11-21(26)17-6-4-7-19(25)14-17)10-12-22(23)28-15-18-5-2-3-8-20(18)24/h2-14,25H,15H2,1H3/b11-9+. The van der Waals surface area contributed by atoms with Crippen molar-refractivity contribution in [3.05, 3.63) is 94.5 Å². The van der Waals surface area contributed by atoms with Crippen molar-refractivity contribution in [3.8, 4) is 17.2 Å². The van der Waals surface area contributed by atoms with E-state index in [9.17, 15) is 9.90 Å². The van der Waals surface area contributed by atoms with Crippen LogP contribution in [0.5, 0.6) is 17.2 Å². The predicted molar refractivity (Wildman–Crippen MR) is 110 cm³/mol. The van der Waals surface area contributed by atoms with E-state index in [1.165, 1.54) is 18.2 Å². The minimum absolute atomic E-state index is 0.0564. The average molecular weight is 395 g/mol. The lowest BCUT2D eigenvalue weighted by Crippen LogP contribution is -1.98. The third-order valence-corrected chi connectivity index (χ3v) is 4.46. The molecule has 142 valence electrons. The summed E-state index contributed by atoms with van der Waals surface area (Å²) in [5.41, 5.74) is 2.09. The summed E-state index contributed by atoms with van der Waals surface area (Å²) in [6.07, 6.45) is 3.14. The van der Waals surface area contributed by atoms with Gasteiger partial charge in [-0.1, -0.05) is 54.1 Å². The fourth-order valence-corrected chi connectivity index (χ4v) is 2.80. The van der Waals surface area contributed by atoms with Crippen molar-refractivity contribution < 1.29 is 19.4 Å². The molecule has 3 aromatic carbocycles. The van der Waals surface area contributed by atoms with Gasteiger partial charge in [-0.3, -0.25) is 4.79 Å². The molecule has 0 spiro atoms. The summed E-state index contributed by atoms with van der Waals surface area (Å²) in [4.78, 5) is 12.2. The van der Waals surface area contributed by atoms with Gasteiger partial charge in [0.1, 0.15) is 12.4 Å². The molecule has 4 nitrogen and oxygen atoms in total. The number of carbonyl (C=O) groups excluding carboxylic acids is 1. The molecule has 5 heteroatoms. The SMILES string of the molecule is COc1cc(/C=C/C(=O)c2cccc(O)c2)ccc1OCc1ccccc1Cl. The van der Waals surface area contributed by atoms with E-state index in [0.717, 1.165) is 11.1 Å². The van der Waals surface area contributed by atoms with Crippen LogP contribution in [-0.4, -0.2) is 18.0 Å². The Morgan fingerprint density at radius 2 is 1.86 bits per heavy atom. The molecule has 0 radical (unpaired) electrons. The van der Waals surface area contributed by atoms with Crippen molar-refractivity contribution in [2.24, 2.45) is 0 Å². The molecule has 0 saturated heterocycles. The molecule has 0 bridgehead atoms. The van der Waals surface area contributed by atoms with Crippen LogP contribution in [0.3, 0.4) is 0 Å². The smallest absolute Gasteiger partial charge is 0.185 e. The summed E-state index contributed by atoms with van der Waals surface area (Å²) in [6, 6.07) is 19.1. The summed E-state index contributed by atoms with van der Waals surface area (Å²) in [5.74, 6) is 0.993. The molecule has 28 heavy (non-hydrogen) atoms.